The maximum Gasteiger partial charge on any atom is 0.347 e. The molecule has 0 atom stereocenters. The summed E-state index contributed by atoms with van der Waals surface area (Å²) in [6.07, 6.45) is -2.63. The van der Waals surface area contributed by atoms with Crippen LogP contribution >= 0.6 is 0 Å². The second-order valence-electron chi connectivity index (χ2n) is 1.13. The van der Waals surface area contributed by atoms with Crippen molar-refractivity contribution < 1.29 is 22.7 Å². The molecule has 5 heteroatoms. The molecule has 2 nitrogen and oxygen atoms in total. The van der Waals surface area contributed by atoms with Crippen LogP contribution in [0.25, 0.3) is 0 Å². The van der Waals surface area contributed by atoms with Gasteiger partial charge in [-0.3, -0.25) is 4.79 Å². The Bertz CT molecular complexity index is 148. The van der Waals surface area contributed by atoms with Crippen molar-refractivity contribution in [1.29, 1.82) is 0 Å². The molecule has 0 saturated carbocycles. The minimum atomic E-state index is -2.63. The number of hydrogen-bond donors (Lipinski definition) is 0. The fourth-order valence-electron chi connectivity index (χ4n) is 0.165. The lowest BCUT2D eigenvalue weighted by atomic mass is 10.8. The molecule has 0 aromatic heterocycles. The molecule has 0 bridgehead atoms. The minimum absolute atomic E-state index is 0.822. The average molecular weight is 140 g/mol. The first-order chi connectivity index (χ1) is 4.04. The number of hydrogen-bond acceptors (Lipinski definition) is 2. The topological polar surface area (TPSA) is 26.3 Å². The number of halogens is 3. The van der Waals surface area contributed by atoms with Crippen molar-refractivity contribution >= 4 is 5.97 Å². The Balaban J connectivity index is 3.92. The lowest BCUT2D eigenvalue weighted by Gasteiger charge is -1.91. The zero-order chi connectivity index (χ0) is 7.44. The Kier molecular flexibility index (Phi) is 2.77. The second kappa shape index (κ2) is 3.11. The quantitative estimate of drug-likeness (QED) is 0.408. The highest BCUT2D eigenvalue weighted by molar-refractivity contribution is 5.66. The highest BCUT2D eigenvalue weighted by Gasteiger charge is 2.07. The molecule has 0 radical (unpaired) electrons. The van der Waals surface area contributed by atoms with Gasteiger partial charge in [-0.05, 0) is 0 Å². The summed E-state index contributed by atoms with van der Waals surface area (Å²) in [4.78, 5) is 9.73. The van der Waals surface area contributed by atoms with Crippen LogP contribution in [0.4, 0.5) is 13.2 Å². The van der Waals surface area contributed by atoms with Gasteiger partial charge in [-0.25, -0.2) is 0 Å². The van der Waals surface area contributed by atoms with Gasteiger partial charge in [-0.2, -0.15) is 13.2 Å². The average Bonchev–Trinajstić information content (AvgIpc) is 1.63. The molecule has 52 valence electrons. The van der Waals surface area contributed by atoms with E-state index in [2.05, 4.69) is 4.74 Å². The number of carbonyl (C=O) groups excluding carboxylic acids is 1. The van der Waals surface area contributed by atoms with Gasteiger partial charge in [0.25, 0.3) is 0 Å². The predicted molar refractivity (Wildman–Crippen MR) is 22.1 cm³/mol. The summed E-state index contributed by atoms with van der Waals surface area (Å²) in [7, 11) is 0. The summed E-state index contributed by atoms with van der Waals surface area (Å²) in [5.41, 5.74) is 0. The van der Waals surface area contributed by atoms with E-state index >= 15 is 0 Å². The van der Waals surface area contributed by atoms with E-state index < -0.39 is 18.1 Å². The number of carbonyl (C=O) groups is 1. The molecule has 0 aromatic carbocycles. The summed E-state index contributed by atoms with van der Waals surface area (Å²) in [6.45, 7) is 0.822. The molecule has 0 spiro atoms. The van der Waals surface area contributed by atoms with E-state index in [0.717, 1.165) is 6.92 Å². The Morgan fingerprint density at radius 2 is 1.78 bits per heavy atom. The van der Waals surface area contributed by atoms with Crippen molar-refractivity contribution in [1.82, 2.24) is 0 Å². The first kappa shape index (κ1) is 8.00. The molecule has 0 amide bonds. The van der Waals surface area contributed by atoms with E-state index in [4.69, 9.17) is 0 Å². The third-order valence-corrected chi connectivity index (χ3v) is 0.382. The zero-order valence-electron chi connectivity index (χ0n) is 4.45. The fourth-order valence-corrected chi connectivity index (χ4v) is 0.165. The van der Waals surface area contributed by atoms with Crippen molar-refractivity contribution in [2.75, 3.05) is 0 Å². The molecular weight excluding hydrogens is 137 g/mol. The van der Waals surface area contributed by atoms with Crippen LogP contribution in [0.3, 0.4) is 0 Å². The first-order valence-electron chi connectivity index (χ1n) is 1.93. The van der Waals surface area contributed by atoms with Crippen molar-refractivity contribution in [2.24, 2.45) is 0 Å². The number of rotatable bonds is 1. The minimum Gasteiger partial charge on any atom is -0.395 e. The van der Waals surface area contributed by atoms with Gasteiger partial charge >= 0.3 is 18.1 Å². The molecule has 0 N–H and O–H groups in total. The predicted octanol–water partition coefficient (Wildman–Crippen LogP) is 1.58. The molecule has 0 saturated heterocycles. The summed E-state index contributed by atoms with van der Waals surface area (Å²) in [5.74, 6) is -1.11. The van der Waals surface area contributed by atoms with Crippen LogP contribution in [-0.4, -0.2) is 5.97 Å². The van der Waals surface area contributed by atoms with Crippen LogP contribution in [0.1, 0.15) is 6.92 Å². The van der Waals surface area contributed by atoms with Crippen LogP contribution in [0.2, 0.25) is 0 Å². The summed E-state index contributed by atoms with van der Waals surface area (Å²) in [5, 5.41) is 0. The summed E-state index contributed by atoms with van der Waals surface area (Å²) < 4.78 is 36.8. The van der Waals surface area contributed by atoms with Gasteiger partial charge < -0.3 is 4.74 Å². The maximum absolute atomic E-state index is 11.5. The zero-order valence-corrected chi connectivity index (χ0v) is 4.45. The maximum atomic E-state index is 11.5. The van der Waals surface area contributed by atoms with E-state index in [1.165, 1.54) is 0 Å². The Hall–Kier alpha value is -1.00. The van der Waals surface area contributed by atoms with Crippen LogP contribution in [0, 0.1) is 0 Å². The highest BCUT2D eigenvalue weighted by atomic mass is 19.3. The molecule has 0 fully saturated rings. The third-order valence-electron chi connectivity index (χ3n) is 0.382. The molecule has 0 heterocycles. The SMILES string of the molecule is CC(=O)OC(F)=C(F)F. The van der Waals surface area contributed by atoms with E-state index in [-0.39, 0.29) is 0 Å². The van der Waals surface area contributed by atoms with Crippen LogP contribution in [0.5, 0.6) is 0 Å². The molecule has 0 aliphatic carbocycles. The van der Waals surface area contributed by atoms with Crippen molar-refractivity contribution in [3.05, 3.63) is 12.1 Å². The normalized spacial score (nSPS) is 8.44. The van der Waals surface area contributed by atoms with Gasteiger partial charge in [0.15, 0.2) is 0 Å². The Morgan fingerprint density at radius 1 is 1.33 bits per heavy atom. The van der Waals surface area contributed by atoms with Gasteiger partial charge in [0.2, 0.25) is 0 Å². The van der Waals surface area contributed by atoms with E-state index in [9.17, 15) is 18.0 Å². The van der Waals surface area contributed by atoms with Gasteiger partial charge in [-0.1, -0.05) is 0 Å². The lowest BCUT2D eigenvalue weighted by Crippen LogP contribution is -1.95. The van der Waals surface area contributed by atoms with E-state index in [0.29, 0.717) is 0 Å². The van der Waals surface area contributed by atoms with Gasteiger partial charge in [-0.15, -0.1) is 0 Å². The first-order valence-corrected chi connectivity index (χ1v) is 1.93. The fraction of sp³-hybridized carbons (Fsp3) is 0.250. The second-order valence-corrected chi connectivity index (χ2v) is 1.13. The largest absolute Gasteiger partial charge is 0.395 e. The number of ether oxygens (including phenoxy) is 1. The van der Waals surface area contributed by atoms with Crippen molar-refractivity contribution in [3.63, 3.8) is 0 Å². The third kappa shape index (κ3) is 3.57. The molecule has 9 heavy (non-hydrogen) atoms. The van der Waals surface area contributed by atoms with Gasteiger partial charge in [0.1, 0.15) is 0 Å². The van der Waals surface area contributed by atoms with Crippen LogP contribution in [-0.2, 0) is 9.53 Å². The van der Waals surface area contributed by atoms with Gasteiger partial charge in [0, 0.05) is 6.92 Å². The molecule has 0 aromatic rings. The molecule has 0 unspecified atom stereocenters. The Labute approximate surface area is 48.9 Å². The van der Waals surface area contributed by atoms with Gasteiger partial charge in [0.05, 0.1) is 0 Å². The van der Waals surface area contributed by atoms with Crippen LogP contribution in [0.15, 0.2) is 12.1 Å². The smallest absolute Gasteiger partial charge is 0.347 e. The standard InChI is InChI=1S/C4H3F3O2/c1-2(8)9-4(7)3(5)6/h1H3. The molecule has 0 aliphatic heterocycles. The lowest BCUT2D eigenvalue weighted by molar-refractivity contribution is -0.139. The highest BCUT2D eigenvalue weighted by Crippen LogP contribution is 2.09. The van der Waals surface area contributed by atoms with E-state index in [1.54, 1.807) is 0 Å². The van der Waals surface area contributed by atoms with Crippen LogP contribution < -0.4 is 0 Å². The van der Waals surface area contributed by atoms with E-state index in [1.807, 2.05) is 0 Å². The van der Waals surface area contributed by atoms with Crippen molar-refractivity contribution in [3.8, 4) is 0 Å². The molecule has 0 rings (SSSR count). The summed E-state index contributed by atoms with van der Waals surface area (Å²) in [6, 6.07) is -2.14. The Morgan fingerprint density at radius 3 is 1.89 bits per heavy atom. The molecule has 0 aliphatic rings. The van der Waals surface area contributed by atoms with Crippen molar-refractivity contribution in [2.45, 2.75) is 6.92 Å². The molecular formula is C4H3F3O2. The number of esters is 1. The summed E-state index contributed by atoms with van der Waals surface area (Å²) >= 11 is 0. The monoisotopic (exact) mass is 140 g/mol.